The van der Waals surface area contributed by atoms with Crippen LogP contribution in [-0.4, -0.2) is 36.2 Å². The number of aliphatic imine (C=N–C) groups is 1. The van der Waals surface area contributed by atoms with E-state index in [9.17, 15) is 4.79 Å². The van der Waals surface area contributed by atoms with Gasteiger partial charge in [0.15, 0.2) is 5.17 Å². The summed E-state index contributed by atoms with van der Waals surface area (Å²) in [5.41, 5.74) is 1.69. The van der Waals surface area contributed by atoms with Crippen molar-refractivity contribution in [1.29, 1.82) is 0 Å². The molecule has 0 aliphatic carbocycles. The molecule has 2 aromatic carbocycles. The molecule has 154 valence electrons. The standard InChI is InChI=1S/C24H24N2O3S/c1-5-14-29-21-10-6-18(7-11-21)15-22-23(27)26(16-17(2)3)24(30-22)25-19-8-12-20(28-4)13-9-19/h1,6-13,15,17H,14,16H2,2-4H3. The van der Waals surface area contributed by atoms with Crippen molar-refractivity contribution in [2.45, 2.75) is 13.8 Å². The molecule has 0 N–H and O–H groups in total. The van der Waals surface area contributed by atoms with Crippen LogP contribution in [0.5, 0.6) is 11.5 Å². The molecule has 6 heteroatoms. The predicted octanol–water partition coefficient (Wildman–Crippen LogP) is 4.97. The molecule has 30 heavy (non-hydrogen) atoms. The molecule has 0 spiro atoms. The Kier molecular flexibility index (Phi) is 7.21. The van der Waals surface area contributed by atoms with Crippen molar-refractivity contribution >= 4 is 34.6 Å². The third-order valence-corrected chi connectivity index (χ3v) is 5.24. The SMILES string of the molecule is C#CCOc1ccc(C=C2SC(=Nc3ccc(OC)cc3)N(CC(C)C)C2=O)cc1. The molecule has 1 saturated heterocycles. The van der Waals surface area contributed by atoms with Crippen molar-refractivity contribution in [2.75, 3.05) is 20.3 Å². The first-order chi connectivity index (χ1) is 14.5. The molecule has 1 aliphatic heterocycles. The summed E-state index contributed by atoms with van der Waals surface area (Å²) < 4.78 is 10.6. The fraction of sp³-hybridized carbons (Fsp3) is 0.250. The summed E-state index contributed by atoms with van der Waals surface area (Å²) in [5.74, 6) is 4.19. The van der Waals surface area contributed by atoms with Gasteiger partial charge in [0, 0.05) is 6.54 Å². The van der Waals surface area contributed by atoms with Gasteiger partial charge in [-0.2, -0.15) is 0 Å². The van der Waals surface area contributed by atoms with Gasteiger partial charge in [0.2, 0.25) is 0 Å². The van der Waals surface area contributed by atoms with Gasteiger partial charge in [-0.3, -0.25) is 9.69 Å². The van der Waals surface area contributed by atoms with E-state index in [-0.39, 0.29) is 12.5 Å². The first-order valence-electron chi connectivity index (χ1n) is 9.60. The number of amidine groups is 1. The van der Waals surface area contributed by atoms with Gasteiger partial charge < -0.3 is 9.47 Å². The van der Waals surface area contributed by atoms with Crippen molar-refractivity contribution in [3.05, 3.63) is 59.0 Å². The maximum Gasteiger partial charge on any atom is 0.266 e. The Morgan fingerprint density at radius 3 is 2.40 bits per heavy atom. The molecule has 0 radical (unpaired) electrons. The van der Waals surface area contributed by atoms with Crippen LogP contribution in [0.3, 0.4) is 0 Å². The molecular formula is C24H24N2O3S. The van der Waals surface area contributed by atoms with Gasteiger partial charge >= 0.3 is 0 Å². The first kappa shape index (κ1) is 21.5. The minimum atomic E-state index is -0.0337. The Balaban J connectivity index is 1.85. The fourth-order valence-electron chi connectivity index (χ4n) is 2.82. The van der Waals surface area contributed by atoms with E-state index in [2.05, 4.69) is 19.8 Å². The van der Waals surface area contributed by atoms with Crippen molar-refractivity contribution in [3.63, 3.8) is 0 Å². The fourth-order valence-corrected chi connectivity index (χ4v) is 3.83. The minimum absolute atomic E-state index is 0.0337. The topological polar surface area (TPSA) is 51.1 Å². The number of benzene rings is 2. The zero-order valence-corrected chi connectivity index (χ0v) is 18.1. The number of thioether (sulfide) groups is 1. The summed E-state index contributed by atoms with van der Waals surface area (Å²) in [6, 6.07) is 14.9. The van der Waals surface area contributed by atoms with Crippen LogP contribution in [0.2, 0.25) is 0 Å². The van der Waals surface area contributed by atoms with Crippen LogP contribution in [-0.2, 0) is 4.79 Å². The molecule has 2 aromatic rings. The molecule has 0 aromatic heterocycles. The molecule has 5 nitrogen and oxygen atoms in total. The molecule has 0 unspecified atom stereocenters. The Morgan fingerprint density at radius 2 is 1.80 bits per heavy atom. The van der Waals surface area contributed by atoms with Crippen molar-refractivity contribution in [1.82, 2.24) is 4.90 Å². The highest BCUT2D eigenvalue weighted by Gasteiger charge is 2.33. The first-order valence-corrected chi connectivity index (χ1v) is 10.4. The van der Waals surface area contributed by atoms with Crippen molar-refractivity contribution < 1.29 is 14.3 Å². The second-order valence-corrected chi connectivity index (χ2v) is 8.08. The number of methoxy groups -OCH3 is 1. The number of hydrogen-bond acceptors (Lipinski definition) is 5. The smallest absolute Gasteiger partial charge is 0.266 e. The Morgan fingerprint density at radius 1 is 1.13 bits per heavy atom. The molecule has 0 atom stereocenters. The summed E-state index contributed by atoms with van der Waals surface area (Å²) in [4.78, 5) is 20.1. The zero-order chi connectivity index (χ0) is 21.5. The lowest BCUT2D eigenvalue weighted by Crippen LogP contribution is -2.32. The second-order valence-electron chi connectivity index (χ2n) is 7.07. The number of ether oxygens (including phenoxy) is 2. The van der Waals surface area contributed by atoms with Gasteiger partial charge in [0.25, 0.3) is 5.91 Å². The number of carbonyl (C=O) groups excluding carboxylic acids is 1. The van der Waals surface area contributed by atoms with E-state index in [1.54, 1.807) is 12.0 Å². The highest BCUT2D eigenvalue weighted by atomic mass is 32.2. The Hall–Kier alpha value is -3.17. The average Bonchev–Trinajstić information content (AvgIpc) is 3.02. The lowest BCUT2D eigenvalue weighted by molar-refractivity contribution is -0.122. The molecule has 0 bridgehead atoms. The third kappa shape index (κ3) is 5.46. The van der Waals surface area contributed by atoms with Gasteiger partial charge in [-0.05, 0) is 65.7 Å². The zero-order valence-electron chi connectivity index (χ0n) is 17.3. The van der Waals surface area contributed by atoms with Crippen molar-refractivity contribution in [2.24, 2.45) is 10.9 Å². The summed E-state index contributed by atoms with van der Waals surface area (Å²) >= 11 is 1.39. The molecule has 1 fully saturated rings. The third-order valence-electron chi connectivity index (χ3n) is 4.23. The van der Waals surface area contributed by atoms with E-state index in [4.69, 9.17) is 20.9 Å². The van der Waals surface area contributed by atoms with Gasteiger partial charge in [-0.15, -0.1) is 6.42 Å². The molecule has 1 heterocycles. The normalized spacial score (nSPS) is 16.4. The van der Waals surface area contributed by atoms with E-state index in [1.165, 1.54) is 11.8 Å². The lowest BCUT2D eigenvalue weighted by atomic mass is 10.2. The number of amides is 1. The largest absolute Gasteiger partial charge is 0.497 e. The van der Waals surface area contributed by atoms with Crippen LogP contribution in [0, 0.1) is 18.3 Å². The van der Waals surface area contributed by atoms with E-state index < -0.39 is 0 Å². The van der Waals surface area contributed by atoms with Crippen LogP contribution in [0.1, 0.15) is 19.4 Å². The quantitative estimate of drug-likeness (QED) is 0.469. The number of carbonyl (C=O) groups is 1. The highest BCUT2D eigenvalue weighted by molar-refractivity contribution is 8.18. The van der Waals surface area contributed by atoms with E-state index in [0.717, 1.165) is 17.0 Å². The maximum absolute atomic E-state index is 13.0. The van der Waals surface area contributed by atoms with Crippen molar-refractivity contribution in [3.8, 4) is 23.8 Å². The van der Waals surface area contributed by atoms with Gasteiger partial charge in [0.1, 0.15) is 18.1 Å². The van der Waals surface area contributed by atoms with Gasteiger partial charge in [-0.1, -0.05) is 31.9 Å². The number of rotatable bonds is 7. The molecule has 1 amide bonds. The number of nitrogens with zero attached hydrogens (tertiary/aromatic N) is 2. The molecule has 3 rings (SSSR count). The van der Waals surface area contributed by atoms with Gasteiger partial charge in [-0.25, -0.2) is 4.99 Å². The van der Waals surface area contributed by atoms with Crippen LogP contribution >= 0.6 is 11.8 Å². The Labute approximate surface area is 181 Å². The molecule has 0 saturated carbocycles. The summed E-state index contributed by atoms with van der Waals surface area (Å²) in [7, 11) is 1.63. The highest BCUT2D eigenvalue weighted by Crippen LogP contribution is 2.35. The Bertz CT molecular complexity index is 987. The summed E-state index contributed by atoms with van der Waals surface area (Å²) in [6.45, 7) is 5.00. The predicted molar refractivity (Wildman–Crippen MR) is 123 cm³/mol. The summed E-state index contributed by atoms with van der Waals surface area (Å²) in [5, 5.41) is 0.680. The van der Waals surface area contributed by atoms with Gasteiger partial charge in [0.05, 0.1) is 17.7 Å². The summed E-state index contributed by atoms with van der Waals surface area (Å²) in [6.07, 6.45) is 7.09. The van der Waals surface area contributed by atoms with E-state index in [1.807, 2.05) is 54.6 Å². The number of terminal acetylenes is 1. The minimum Gasteiger partial charge on any atom is -0.497 e. The average molecular weight is 421 g/mol. The van der Waals surface area contributed by atoms with Crippen LogP contribution < -0.4 is 9.47 Å². The monoisotopic (exact) mass is 420 g/mol. The van der Waals surface area contributed by atoms with Crippen LogP contribution in [0.15, 0.2) is 58.4 Å². The maximum atomic E-state index is 13.0. The second kappa shape index (κ2) is 10.0. The molecule has 1 aliphatic rings. The lowest BCUT2D eigenvalue weighted by Gasteiger charge is -2.17. The van der Waals surface area contributed by atoms with Crippen LogP contribution in [0.25, 0.3) is 6.08 Å². The number of hydrogen-bond donors (Lipinski definition) is 0. The van der Waals surface area contributed by atoms with E-state index in [0.29, 0.717) is 28.3 Å². The van der Waals surface area contributed by atoms with E-state index >= 15 is 0 Å². The van der Waals surface area contributed by atoms with Crippen LogP contribution in [0.4, 0.5) is 5.69 Å². The molecular weight excluding hydrogens is 396 g/mol.